The summed E-state index contributed by atoms with van der Waals surface area (Å²) in [7, 11) is 0. The molecule has 0 aliphatic rings. The SMILES string of the molecule is [2H]c1c([2H])c([2H])c(-c2ccnc(-c3cc(-c4cccc5c4nc(-c4cc(C)cc(C)c4O)n5-c4cc(-c5ccccc5)cc(C([2H])([2H])[2H])c4)cc(C(C)(C)C)c3)c2)c([2H])c1[2H]. The number of benzene rings is 6. The van der Waals surface area contributed by atoms with Crippen LogP contribution >= 0.6 is 0 Å². The molecule has 0 atom stereocenters. The molecule has 4 heteroatoms. The van der Waals surface area contributed by atoms with Gasteiger partial charge in [-0.1, -0.05) is 112 Å². The number of hydrogen-bond acceptors (Lipinski definition) is 3. The molecule has 6 aromatic carbocycles. The molecule has 4 nitrogen and oxygen atoms in total. The van der Waals surface area contributed by atoms with E-state index in [1.54, 1.807) is 30.5 Å². The molecule has 0 aliphatic heterocycles. The standard InChI is InChI=1S/C49H43N3O/c1-31-22-33(3)47(53)43(25-31)48-51-46-42(18-13-19-45(46)52(48)41-24-32(2)23-37(29-41)35-16-11-8-12-17-35)38-26-39(28-40(27-38)49(4,5)6)44-30-36(20-21-50-44)34-14-9-7-10-15-34/h7-30,53H,1-6H3/i2D3,7D,9D,10D,14D,15D. The minimum absolute atomic E-state index is 0.0704. The Morgan fingerprint density at radius 3 is 2.23 bits per heavy atom. The molecule has 1 N–H and O–H groups in total. The Morgan fingerprint density at radius 1 is 0.660 bits per heavy atom. The fraction of sp³-hybridized carbons (Fsp3) is 0.143. The van der Waals surface area contributed by atoms with Crippen molar-refractivity contribution in [2.45, 2.75) is 46.9 Å². The van der Waals surface area contributed by atoms with Crippen molar-refractivity contribution in [3.8, 4) is 67.5 Å². The van der Waals surface area contributed by atoms with Crippen LogP contribution < -0.4 is 0 Å². The lowest BCUT2D eigenvalue weighted by atomic mass is 9.83. The molecule has 0 saturated heterocycles. The van der Waals surface area contributed by atoms with Crippen LogP contribution in [0.25, 0.3) is 72.7 Å². The van der Waals surface area contributed by atoms with Gasteiger partial charge in [-0.2, -0.15) is 0 Å². The zero-order chi connectivity index (χ0) is 43.7. The van der Waals surface area contributed by atoms with Crippen molar-refractivity contribution in [3.63, 3.8) is 0 Å². The first kappa shape index (κ1) is 25.7. The normalized spacial score (nSPS) is 14.1. The highest BCUT2D eigenvalue weighted by molar-refractivity contribution is 5.97. The van der Waals surface area contributed by atoms with Crippen molar-refractivity contribution in [2.24, 2.45) is 0 Å². The predicted octanol–water partition coefficient (Wildman–Crippen LogP) is 12.7. The molecule has 260 valence electrons. The van der Waals surface area contributed by atoms with Gasteiger partial charge in [-0.15, -0.1) is 0 Å². The van der Waals surface area contributed by atoms with Gasteiger partial charge >= 0.3 is 0 Å². The highest BCUT2D eigenvalue weighted by atomic mass is 16.3. The summed E-state index contributed by atoms with van der Waals surface area (Å²) in [4.78, 5) is 10.0. The van der Waals surface area contributed by atoms with Gasteiger partial charge in [-0.05, 0) is 125 Å². The maximum Gasteiger partial charge on any atom is 0.149 e. The molecule has 2 aromatic heterocycles. The second kappa shape index (κ2) is 13.4. The third-order valence-electron chi connectivity index (χ3n) is 9.61. The number of hydrogen-bond donors (Lipinski definition) is 1. The number of phenolic OH excluding ortho intramolecular Hbond substituents is 1. The molecular weight excluding hydrogens is 647 g/mol. The Labute approximate surface area is 323 Å². The Hall–Kier alpha value is -6.26. The van der Waals surface area contributed by atoms with E-state index in [1.165, 1.54) is 0 Å². The predicted molar refractivity (Wildman–Crippen MR) is 221 cm³/mol. The topological polar surface area (TPSA) is 50.9 Å². The molecule has 2 heterocycles. The second-order valence-corrected chi connectivity index (χ2v) is 14.5. The number of fused-ring (bicyclic) bond motifs is 1. The van der Waals surface area contributed by atoms with Gasteiger partial charge in [-0.3, -0.25) is 9.55 Å². The quantitative estimate of drug-likeness (QED) is 0.188. The maximum atomic E-state index is 11.6. The van der Waals surface area contributed by atoms with E-state index < -0.39 is 25.0 Å². The Balaban J connectivity index is 1.40. The highest BCUT2D eigenvalue weighted by Gasteiger charge is 2.23. The highest BCUT2D eigenvalue weighted by Crippen LogP contribution is 2.41. The number of aromatic hydroxyl groups is 1. The van der Waals surface area contributed by atoms with Gasteiger partial charge in [0.15, 0.2) is 0 Å². The second-order valence-electron chi connectivity index (χ2n) is 14.5. The van der Waals surface area contributed by atoms with E-state index in [0.717, 1.165) is 38.9 Å². The summed E-state index contributed by atoms with van der Waals surface area (Å²) < 4.78 is 69.2. The van der Waals surface area contributed by atoms with Gasteiger partial charge in [0.05, 0.1) is 29.1 Å². The molecular formula is C49H43N3O. The largest absolute Gasteiger partial charge is 0.507 e. The lowest BCUT2D eigenvalue weighted by Crippen LogP contribution is -2.11. The first-order chi connectivity index (χ1) is 28.8. The van der Waals surface area contributed by atoms with Gasteiger partial charge in [0.25, 0.3) is 0 Å². The number of imidazole rings is 1. The van der Waals surface area contributed by atoms with Crippen LogP contribution in [-0.4, -0.2) is 19.6 Å². The molecule has 8 rings (SSSR count). The van der Waals surface area contributed by atoms with Gasteiger partial charge in [0, 0.05) is 27.1 Å². The molecule has 8 aromatic rings. The fourth-order valence-electron chi connectivity index (χ4n) is 6.94. The molecule has 0 bridgehead atoms. The van der Waals surface area contributed by atoms with Gasteiger partial charge < -0.3 is 5.11 Å². The van der Waals surface area contributed by atoms with Crippen molar-refractivity contribution in [3.05, 3.63) is 168 Å². The fourth-order valence-corrected chi connectivity index (χ4v) is 6.94. The van der Waals surface area contributed by atoms with E-state index in [-0.39, 0.29) is 34.4 Å². The van der Waals surface area contributed by atoms with E-state index in [4.69, 9.17) is 20.9 Å². The van der Waals surface area contributed by atoms with E-state index in [0.29, 0.717) is 44.9 Å². The van der Waals surface area contributed by atoms with E-state index in [2.05, 4.69) is 32.9 Å². The molecule has 0 spiro atoms. The first-order valence-electron chi connectivity index (χ1n) is 21.5. The summed E-state index contributed by atoms with van der Waals surface area (Å²) in [5.74, 6) is 0.509. The summed E-state index contributed by atoms with van der Waals surface area (Å²) in [5.41, 5.74) is 9.83. The van der Waals surface area contributed by atoms with Crippen molar-refractivity contribution in [2.75, 3.05) is 0 Å². The van der Waals surface area contributed by atoms with Gasteiger partial charge in [0.1, 0.15) is 11.6 Å². The number of para-hydroxylation sites is 1. The zero-order valence-corrected chi connectivity index (χ0v) is 30.3. The van der Waals surface area contributed by atoms with Crippen molar-refractivity contribution >= 4 is 11.0 Å². The van der Waals surface area contributed by atoms with Crippen LogP contribution in [0.5, 0.6) is 5.75 Å². The number of phenols is 1. The number of nitrogens with zero attached hydrogens (tertiary/aromatic N) is 3. The molecule has 0 saturated carbocycles. The Kier molecular flexibility index (Phi) is 6.47. The minimum atomic E-state index is -2.42. The van der Waals surface area contributed by atoms with Crippen LogP contribution in [0.4, 0.5) is 0 Å². The average Bonchev–Trinajstić information content (AvgIpc) is 3.63. The summed E-state index contributed by atoms with van der Waals surface area (Å²) in [6.45, 7) is 7.73. The van der Waals surface area contributed by atoms with Crippen LogP contribution in [0.2, 0.25) is 0 Å². The summed E-state index contributed by atoms with van der Waals surface area (Å²) in [6, 6.07) is 32.3. The number of pyridine rings is 1. The van der Waals surface area contributed by atoms with E-state index >= 15 is 0 Å². The molecule has 0 amide bonds. The van der Waals surface area contributed by atoms with Crippen LogP contribution in [0, 0.1) is 20.7 Å². The number of aromatic nitrogens is 3. The minimum Gasteiger partial charge on any atom is -0.507 e. The van der Waals surface area contributed by atoms with E-state index in [9.17, 15) is 5.11 Å². The van der Waals surface area contributed by atoms with Crippen molar-refractivity contribution < 1.29 is 16.1 Å². The summed E-state index contributed by atoms with van der Waals surface area (Å²) in [6.07, 6.45) is 1.58. The maximum absolute atomic E-state index is 11.6. The number of rotatable bonds is 6. The molecule has 0 aliphatic carbocycles. The van der Waals surface area contributed by atoms with Crippen LogP contribution in [0.1, 0.15) is 54.0 Å². The summed E-state index contributed by atoms with van der Waals surface area (Å²) in [5, 5.41) is 11.6. The molecule has 0 radical (unpaired) electrons. The van der Waals surface area contributed by atoms with Gasteiger partial charge in [-0.25, -0.2) is 4.98 Å². The van der Waals surface area contributed by atoms with Crippen molar-refractivity contribution in [1.29, 1.82) is 0 Å². The smallest absolute Gasteiger partial charge is 0.149 e. The summed E-state index contributed by atoms with van der Waals surface area (Å²) >= 11 is 0. The van der Waals surface area contributed by atoms with Crippen LogP contribution in [0.3, 0.4) is 0 Å². The third-order valence-corrected chi connectivity index (χ3v) is 9.61. The first-order valence-corrected chi connectivity index (χ1v) is 17.5. The Bertz CT molecular complexity index is 3010. The van der Waals surface area contributed by atoms with Crippen LogP contribution in [-0.2, 0) is 5.41 Å². The monoisotopic (exact) mass is 697 g/mol. The van der Waals surface area contributed by atoms with Gasteiger partial charge in [0.2, 0.25) is 0 Å². The zero-order valence-electron chi connectivity index (χ0n) is 38.3. The lowest BCUT2D eigenvalue weighted by molar-refractivity contribution is 0.472. The van der Waals surface area contributed by atoms with Crippen LogP contribution in [0.15, 0.2) is 146 Å². The number of aryl methyl sites for hydroxylation is 3. The molecule has 53 heavy (non-hydrogen) atoms. The third kappa shape index (κ3) is 6.53. The Morgan fingerprint density at radius 2 is 1.45 bits per heavy atom. The average molecular weight is 698 g/mol. The molecule has 0 fully saturated rings. The van der Waals surface area contributed by atoms with Crippen molar-refractivity contribution in [1.82, 2.24) is 14.5 Å². The molecule has 0 unspecified atom stereocenters. The lowest BCUT2D eigenvalue weighted by Gasteiger charge is -2.22. The van der Waals surface area contributed by atoms with E-state index in [1.807, 2.05) is 91.2 Å².